The quantitative estimate of drug-likeness (QED) is 0.611. The van der Waals surface area contributed by atoms with Gasteiger partial charge in [-0.1, -0.05) is 0 Å². The van der Waals surface area contributed by atoms with Crippen LogP contribution in [-0.2, 0) is 6.61 Å². The van der Waals surface area contributed by atoms with Gasteiger partial charge in [-0.15, -0.1) is 11.3 Å². The van der Waals surface area contributed by atoms with Gasteiger partial charge in [0.25, 0.3) is 5.91 Å². The number of ether oxygens (including phenoxy) is 1. The minimum atomic E-state index is -0.636. The second kappa shape index (κ2) is 8.26. The van der Waals surface area contributed by atoms with Crippen LogP contribution in [0.15, 0.2) is 47.8 Å². The fourth-order valence-electron chi connectivity index (χ4n) is 2.34. The molecule has 0 saturated carbocycles. The fraction of sp³-hybridized carbons (Fsp3) is 0.200. The summed E-state index contributed by atoms with van der Waals surface area (Å²) >= 11 is 1.39. The van der Waals surface area contributed by atoms with Crippen LogP contribution in [0.1, 0.15) is 23.0 Å². The molecule has 0 bridgehead atoms. The molecule has 1 heterocycles. The standard InChI is InChI=1S/C20H18F2N2O2S/c1-3-24(2)20(25)18-12-27-19(23-18)13-5-8-16(9-6-13)26-11-14-4-7-15(21)10-17(14)22/h4-10,12H,3,11H2,1-2H3. The average molecular weight is 388 g/mol. The second-order valence-corrected chi connectivity index (χ2v) is 6.76. The first-order chi connectivity index (χ1) is 13.0. The summed E-state index contributed by atoms with van der Waals surface area (Å²) in [6, 6.07) is 10.5. The third-order valence-corrected chi connectivity index (χ3v) is 4.95. The van der Waals surface area contributed by atoms with Gasteiger partial charge in [0.2, 0.25) is 0 Å². The lowest BCUT2D eigenvalue weighted by molar-refractivity contribution is 0.0797. The van der Waals surface area contributed by atoms with E-state index in [-0.39, 0.29) is 18.1 Å². The number of carbonyl (C=O) groups excluding carboxylic acids is 1. The summed E-state index contributed by atoms with van der Waals surface area (Å²) in [5.74, 6) is -0.807. The Kier molecular flexibility index (Phi) is 5.81. The zero-order valence-electron chi connectivity index (χ0n) is 14.9. The first kappa shape index (κ1) is 19.0. The largest absolute Gasteiger partial charge is 0.489 e. The number of benzene rings is 2. The molecule has 0 aliphatic carbocycles. The van der Waals surface area contributed by atoms with Crippen LogP contribution in [0.5, 0.6) is 5.75 Å². The Morgan fingerprint density at radius 1 is 1.19 bits per heavy atom. The maximum Gasteiger partial charge on any atom is 0.273 e. The van der Waals surface area contributed by atoms with Crippen LogP contribution in [0, 0.1) is 11.6 Å². The topological polar surface area (TPSA) is 42.4 Å². The molecule has 3 aromatic rings. The lowest BCUT2D eigenvalue weighted by Crippen LogP contribution is -2.26. The molecule has 2 aromatic carbocycles. The molecule has 1 aromatic heterocycles. The van der Waals surface area contributed by atoms with E-state index in [4.69, 9.17) is 4.74 Å². The minimum Gasteiger partial charge on any atom is -0.489 e. The molecule has 1 amide bonds. The third-order valence-electron chi connectivity index (χ3n) is 4.06. The zero-order chi connectivity index (χ0) is 19.4. The van der Waals surface area contributed by atoms with E-state index in [0.29, 0.717) is 18.0 Å². The summed E-state index contributed by atoms with van der Waals surface area (Å²) in [5.41, 5.74) is 1.56. The van der Waals surface area contributed by atoms with E-state index in [1.54, 1.807) is 29.5 Å². The third kappa shape index (κ3) is 4.49. The van der Waals surface area contributed by atoms with Gasteiger partial charge >= 0.3 is 0 Å². The maximum absolute atomic E-state index is 13.6. The highest BCUT2D eigenvalue weighted by atomic mass is 32.1. The van der Waals surface area contributed by atoms with E-state index in [0.717, 1.165) is 16.6 Å². The molecule has 0 aliphatic heterocycles. The fourth-order valence-corrected chi connectivity index (χ4v) is 3.14. The van der Waals surface area contributed by atoms with Crippen LogP contribution in [0.3, 0.4) is 0 Å². The van der Waals surface area contributed by atoms with Crippen LogP contribution in [0.25, 0.3) is 10.6 Å². The van der Waals surface area contributed by atoms with Crippen LogP contribution < -0.4 is 4.74 Å². The second-order valence-electron chi connectivity index (χ2n) is 5.91. The van der Waals surface area contributed by atoms with Gasteiger partial charge in [0.1, 0.15) is 34.7 Å². The summed E-state index contributed by atoms with van der Waals surface area (Å²) in [6.07, 6.45) is 0. The SMILES string of the molecule is CCN(C)C(=O)c1csc(-c2ccc(OCc3ccc(F)cc3F)cc2)n1. The van der Waals surface area contributed by atoms with Crippen molar-refractivity contribution in [2.45, 2.75) is 13.5 Å². The van der Waals surface area contributed by atoms with E-state index in [2.05, 4.69) is 4.98 Å². The van der Waals surface area contributed by atoms with Gasteiger partial charge in [-0.05, 0) is 43.3 Å². The molecular weight excluding hydrogens is 370 g/mol. The molecule has 0 fully saturated rings. The molecule has 0 unspecified atom stereocenters. The summed E-state index contributed by atoms with van der Waals surface area (Å²) in [7, 11) is 1.73. The number of aromatic nitrogens is 1. The number of thiazole rings is 1. The number of halogens is 2. The van der Waals surface area contributed by atoms with Gasteiger partial charge in [0.05, 0.1) is 0 Å². The Morgan fingerprint density at radius 3 is 2.59 bits per heavy atom. The summed E-state index contributed by atoms with van der Waals surface area (Å²) in [5, 5.41) is 2.48. The molecule has 140 valence electrons. The molecule has 0 radical (unpaired) electrons. The molecule has 0 spiro atoms. The Labute approximate surface area is 160 Å². The van der Waals surface area contributed by atoms with Crippen molar-refractivity contribution < 1.29 is 18.3 Å². The van der Waals surface area contributed by atoms with Crippen molar-refractivity contribution in [2.75, 3.05) is 13.6 Å². The highest BCUT2D eigenvalue weighted by Gasteiger charge is 2.15. The van der Waals surface area contributed by atoms with Gasteiger partial charge < -0.3 is 9.64 Å². The lowest BCUT2D eigenvalue weighted by atomic mass is 10.2. The van der Waals surface area contributed by atoms with Crippen LogP contribution in [0.2, 0.25) is 0 Å². The van der Waals surface area contributed by atoms with Crippen molar-refractivity contribution in [3.05, 3.63) is 70.7 Å². The van der Waals surface area contributed by atoms with E-state index in [9.17, 15) is 13.6 Å². The Morgan fingerprint density at radius 2 is 1.93 bits per heavy atom. The number of hydrogen-bond donors (Lipinski definition) is 0. The molecule has 0 atom stereocenters. The molecule has 4 nitrogen and oxygen atoms in total. The number of carbonyl (C=O) groups is 1. The van der Waals surface area contributed by atoms with Crippen molar-refractivity contribution in [2.24, 2.45) is 0 Å². The summed E-state index contributed by atoms with van der Waals surface area (Å²) in [6.45, 7) is 2.53. The predicted octanol–water partition coefficient (Wildman–Crippen LogP) is 4.76. The molecule has 27 heavy (non-hydrogen) atoms. The van der Waals surface area contributed by atoms with Gasteiger partial charge in [-0.2, -0.15) is 0 Å². The van der Waals surface area contributed by atoms with Crippen molar-refractivity contribution >= 4 is 17.2 Å². The number of nitrogens with zero attached hydrogens (tertiary/aromatic N) is 2. The predicted molar refractivity (Wildman–Crippen MR) is 101 cm³/mol. The molecule has 0 aliphatic rings. The highest BCUT2D eigenvalue weighted by Crippen LogP contribution is 2.26. The van der Waals surface area contributed by atoms with E-state index < -0.39 is 11.6 Å². The van der Waals surface area contributed by atoms with Gasteiger partial charge in [-0.3, -0.25) is 4.79 Å². The monoisotopic (exact) mass is 388 g/mol. The number of rotatable bonds is 6. The van der Waals surface area contributed by atoms with E-state index in [1.165, 1.54) is 23.5 Å². The number of hydrogen-bond acceptors (Lipinski definition) is 4. The van der Waals surface area contributed by atoms with Crippen LogP contribution >= 0.6 is 11.3 Å². The minimum absolute atomic E-state index is 0.00468. The highest BCUT2D eigenvalue weighted by molar-refractivity contribution is 7.13. The van der Waals surface area contributed by atoms with Crippen molar-refractivity contribution in [1.82, 2.24) is 9.88 Å². The molecule has 7 heteroatoms. The van der Waals surface area contributed by atoms with Gasteiger partial charge in [0.15, 0.2) is 0 Å². The first-order valence-electron chi connectivity index (χ1n) is 8.36. The van der Waals surface area contributed by atoms with Gasteiger partial charge in [0, 0.05) is 36.2 Å². The average Bonchev–Trinajstić information content (AvgIpc) is 3.16. The molecule has 3 rings (SSSR count). The lowest BCUT2D eigenvalue weighted by Gasteiger charge is -2.11. The summed E-state index contributed by atoms with van der Waals surface area (Å²) in [4.78, 5) is 18.1. The van der Waals surface area contributed by atoms with E-state index >= 15 is 0 Å². The van der Waals surface area contributed by atoms with E-state index in [1.807, 2.05) is 19.1 Å². The summed E-state index contributed by atoms with van der Waals surface area (Å²) < 4.78 is 32.1. The van der Waals surface area contributed by atoms with Crippen LogP contribution in [0.4, 0.5) is 8.78 Å². The molecule has 0 N–H and O–H groups in total. The maximum atomic E-state index is 13.6. The Hall–Kier alpha value is -2.80. The Balaban J connectivity index is 1.67. The van der Waals surface area contributed by atoms with Crippen molar-refractivity contribution in [3.8, 4) is 16.3 Å². The normalized spacial score (nSPS) is 10.7. The smallest absolute Gasteiger partial charge is 0.273 e. The molecular formula is C20H18F2N2O2S. The van der Waals surface area contributed by atoms with Crippen molar-refractivity contribution in [1.29, 1.82) is 0 Å². The first-order valence-corrected chi connectivity index (χ1v) is 9.24. The van der Waals surface area contributed by atoms with Crippen LogP contribution in [-0.4, -0.2) is 29.4 Å². The number of amides is 1. The van der Waals surface area contributed by atoms with Crippen molar-refractivity contribution in [3.63, 3.8) is 0 Å². The zero-order valence-corrected chi connectivity index (χ0v) is 15.7. The molecule has 0 saturated heterocycles. The Bertz CT molecular complexity index is 941. The van der Waals surface area contributed by atoms with Gasteiger partial charge in [-0.25, -0.2) is 13.8 Å².